The van der Waals surface area contributed by atoms with Crippen molar-refractivity contribution >= 4 is 45.3 Å². The molecule has 1 atom stereocenters. The minimum absolute atomic E-state index is 0.170. The molecular formula is C30H29BrN2O7S. The highest BCUT2D eigenvalue weighted by molar-refractivity contribution is 9.10. The first-order chi connectivity index (χ1) is 19.7. The largest absolute Gasteiger partial charge is 0.490 e. The normalized spacial score (nSPS) is 14.7. The molecule has 4 rings (SSSR count). The van der Waals surface area contributed by atoms with Gasteiger partial charge in [-0.15, -0.1) is 0 Å². The zero-order valence-electron chi connectivity index (χ0n) is 23.1. The molecule has 11 heteroatoms. The van der Waals surface area contributed by atoms with Crippen LogP contribution >= 0.6 is 27.3 Å². The van der Waals surface area contributed by atoms with Crippen LogP contribution in [0, 0.1) is 0 Å². The van der Waals surface area contributed by atoms with E-state index in [1.165, 1.54) is 22.8 Å². The molecule has 0 unspecified atom stereocenters. The highest BCUT2D eigenvalue weighted by atomic mass is 79.9. The topological polar surface area (TPSA) is 105 Å². The smallest absolute Gasteiger partial charge is 0.338 e. The van der Waals surface area contributed by atoms with Crippen LogP contribution in [0.15, 0.2) is 74.6 Å². The number of esters is 2. The second-order valence-corrected chi connectivity index (χ2v) is 10.7. The van der Waals surface area contributed by atoms with Crippen molar-refractivity contribution in [3.8, 4) is 17.2 Å². The van der Waals surface area contributed by atoms with Crippen molar-refractivity contribution in [3.05, 3.63) is 95.6 Å². The van der Waals surface area contributed by atoms with Gasteiger partial charge in [0.05, 0.1) is 39.5 Å². The number of aromatic nitrogens is 1. The summed E-state index contributed by atoms with van der Waals surface area (Å²) in [5.74, 6) is 0.375. The molecule has 0 bridgehead atoms. The van der Waals surface area contributed by atoms with Crippen molar-refractivity contribution in [2.24, 2.45) is 4.99 Å². The van der Waals surface area contributed by atoms with Gasteiger partial charge in [0, 0.05) is 6.92 Å². The molecule has 0 fully saturated rings. The van der Waals surface area contributed by atoms with E-state index in [4.69, 9.17) is 18.9 Å². The molecule has 1 aromatic heterocycles. The molecule has 1 aliphatic heterocycles. The number of hydrogen-bond donors (Lipinski definition) is 0. The zero-order valence-corrected chi connectivity index (χ0v) is 25.5. The summed E-state index contributed by atoms with van der Waals surface area (Å²) in [6.45, 7) is 11.2. The molecule has 2 heterocycles. The molecule has 1 aliphatic rings. The molecule has 2 aromatic carbocycles. The van der Waals surface area contributed by atoms with Crippen molar-refractivity contribution in [2.45, 2.75) is 33.7 Å². The number of allylic oxidation sites excluding steroid dienone is 1. The molecule has 9 nitrogen and oxygen atoms in total. The van der Waals surface area contributed by atoms with Gasteiger partial charge in [0.2, 0.25) is 0 Å². The lowest BCUT2D eigenvalue weighted by Crippen LogP contribution is -2.40. The van der Waals surface area contributed by atoms with Gasteiger partial charge in [-0.1, -0.05) is 36.1 Å². The molecular weight excluding hydrogens is 612 g/mol. The summed E-state index contributed by atoms with van der Waals surface area (Å²) in [6, 6.07) is 9.64. The number of hydrogen-bond acceptors (Lipinski definition) is 9. The Kier molecular flexibility index (Phi) is 9.61. The van der Waals surface area contributed by atoms with Crippen LogP contribution in [0.25, 0.3) is 6.08 Å². The Morgan fingerprint density at radius 1 is 1.10 bits per heavy atom. The lowest BCUT2D eigenvalue weighted by atomic mass is 9.95. The van der Waals surface area contributed by atoms with Gasteiger partial charge in [0.25, 0.3) is 5.56 Å². The molecule has 0 saturated carbocycles. The number of carbonyl (C=O) groups excluding carboxylic acids is 2. The fourth-order valence-electron chi connectivity index (χ4n) is 4.33. The quantitative estimate of drug-likeness (QED) is 0.183. The van der Waals surface area contributed by atoms with Gasteiger partial charge in [-0.3, -0.25) is 14.2 Å². The molecule has 0 amide bonds. The van der Waals surface area contributed by atoms with Crippen molar-refractivity contribution in [1.82, 2.24) is 4.57 Å². The summed E-state index contributed by atoms with van der Waals surface area (Å²) >= 11 is 4.62. The molecule has 0 saturated heterocycles. The lowest BCUT2D eigenvalue weighted by molar-refractivity contribution is -0.139. The Bertz CT molecular complexity index is 1720. The summed E-state index contributed by atoms with van der Waals surface area (Å²) < 4.78 is 24.6. The maximum atomic E-state index is 13.9. The second kappa shape index (κ2) is 13.1. The van der Waals surface area contributed by atoms with Crippen molar-refractivity contribution in [3.63, 3.8) is 0 Å². The number of thiazole rings is 1. The Labute approximate surface area is 249 Å². The van der Waals surface area contributed by atoms with Crippen LogP contribution in [-0.2, 0) is 14.3 Å². The number of carbonyl (C=O) groups is 2. The number of rotatable bonds is 10. The van der Waals surface area contributed by atoms with E-state index in [-0.39, 0.29) is 17.7 Å². The summed E-state index contributed by atoms with van der Waals surface area (Å²) in [5, 5.41) is 0. The van der Waals surface area contributed by atoms with Crippen molar-refractivity contribution in [2.75, 3.05) is 19.8 Å². The lowest BCUT2D eigenvalue weighted by Gasteiger charge is -2.25. The second-order valence-electron chi connectivity index (χ2n) is 8.82. The van der Waals surface area contributed by atoms with E-state index in [1.807, 2.05) is 6.92 Å². The van der Waals surface area contributed by atoms with Crippen LogP contribution in [0.3, 0.4) is 0 Å². The van der Waals surface area contributed by atoms with Gasteiger partial charge in [-0.05, 0) is 78.2 Å². The highest BCUT2D eigenvalue weighted by Gasteiger charge is 2.34. The fourth-order valence-corrected chi connectivity index (χ4v) is 5.86. The standard InChI is InChI=1S/C30H29BrN2O7S/c1-6-13-39-23-12-10-20(16-24(23)37-7-2)27-26(29(36)38-8-3)17(4)32-30-33(27)28(35)25(41-30)15-19-9-11-22(21(31)14-19)40-18(5)34/h6,9-12,14-16,27H,1,7-8,13H2,2-5H3/b25-15-/t27-/m0/s1. The zero-order chi connectivity index (χ0) is 29.7. The van der Waals surface area contributed by atoms with E-state index in [2.05, 4.69) is 27.5 Å². The van der Waals surface area contributed by atoms with Crippen LogP contribution in [0.2, 0.25) is 0 Å². The maximum Gasteiger partial charge on any atom is 0.338 e. The SMILES string of the molecule is C=CCOc1ccc([C@H]2C(C(=O)OCC)=C(C)N=c3s/c(=C\c4ccc(OC(C)=O)c(Br)c4)c(=O)n32)cc1OCC. The van der Waals surface area contributed by atoms with Crippen LogP contribution < -0.4 is 29.1 Å². The van der Waals surface area contributed by atoms with Gasteiger partial charge in [-0.25, -0.2) is 9.79 Å². The third-order valence-corrected chi connectivity index (χ3v) is 7.57. The number of ether oxygens (including phenoxy) is 4. The van der Waals surface area contributed by atoms with E-state index >= 15 is 0 Å². The van der Waals surface area contributed by atoms with Crippen LogP contribution in [0.4, 0.5) is 0 Å². The number of nitrogens with zero attached hydrogens (tertiary/aromatic N) is 2. The fraction of sp³-hybridized carbons (Fsp3) is 0.267. The number of fused-ring (bicyclic) bond motifs is 1. The van der Waals surface area contributed by atoms with Crippen molar-refractivity contribution in [1.29, 1.82) is 0 Å². The summed E-state index contributed by atoms with van der Waals surface area (Å²) in [7, 11) is 0. The summed E-state index contributed by atoms with van der Waals surface area (Å²) in [4.78, 5) is 43.5. The average Bonchev–Trinajstić information content (AvgIpc) is 3.22. The molecule has 0 spiro atoms. The van der Waals surface area contributed by atoms with Crippen LogP contribution in [0.5, 0.6) is 17.2 Å². The molecule has 3 aromatic rings. The third kappa shape index (κ3) is 6.52. The van der Waals surface area contributed by atoms with E-state index in [0.717, 1.165) is 0 Å². The first-order valence-electron chi connectivity index (χ1n) is 12.9. The van der Waals surface area contributed by atoms with E-state index in [1.54, 1.807) is 62.4 Å². The average molecular weight is 642 g/mol. The molecule has 0 N–H and O–H groups in total. The monoisotopic (exact) mass is 640 g/mol. The minimum Gasteiger partial charge on any atom is -0.490 e. The molecule has 0 radical (unpaired) electrons. The predicted molar refractivity (Wildman–Crippen MR) is 159 cm³/mol. The molecule has 214 valence electrons. The van der Waals surface area contributed by atoms with Gasteiger partial charge >= 0.3 is 11.9 Å². The first kappa shape index (κ1) is 30.0. The Morgan fingerprint density at radius 3 is 2.51 bits per heavy atom. The highest BCUT2D eigenvalue weighted by Crippen LogP contribution is 2.36. The Morgan fingerprint density at radius 2 is 1.85 bits per heavy atom. The summed E-state index contributed by atoms with van der Waals surface area (Å²) in [5.41, 5.74) is 1.75. The van der Waals surface area contributed by atoms with Crippen LogP contribution in [-0.4, -0.2) is 36.3 Å². The van der Waals surface area contributed by atoms with Gasteiger partial charge in [0.15, 0.2) is 16.3 Å². The van der Waals surface area contributed by atoms with E-state index < -0.39 is 18.0 Å². The van der Waals surface area contributed by atoms with Crippen molar-refractivity contribution < 1.29 is 28.5 Å². The van der Waals surface area contributed by atoms with Crippen LogP contribution in [0.1, 0.15) is 44.9 Å². The van der Waals surface area contributed by atoms with E-state index in [0.29, 0.717) is 61.1 Å². The predicted octanol–water partition coefficient (Wildman–Crippen LogP) is 4.45. The number of halogens is 1. The Balaban J connectivity index is 1.89. The molecule has 0 aliphatic carbocycles. The number of benzene rings is 2. The molecule has 41 heavy (non-hydrogen) atoms. The van der Waals surface area contributed by atoms with Gasteiger partial charge in [-0.2, -0.15) is 0 Å². The summed E-state index contributed by atoms with van der Waals surface area (Å²) in [6.07, 6.45) is 3.36. The van der Waals surface area contributed by atoms with Gasteiger partial charge in [0.1, 0.15) is 12.4 Å². The van der Waals surface area contributed by atoms with Gasteiger partial charge < -0.3 is 18.9 Å². The maximum absolute atomic E-state index is 13.9. The first-order valence-corrected chi connectivity index (χ1v) is 14.5. The minimum atomic E-state index is -0.807. The Hall–Kier alpha value is -3.96. The third-order valence-electron chi connectivity index (χ3n) is 5.96. The van der Waals surface area contributed by atoms with E-state index in [9.17, 15) is 14.4 Å².